The summed E-state index contributed by atoms with van der Waals surface area (Å²) in [5, 5.41) is 2.14. The number of amides is 1. The number of likely N-dealkylation sites (tertiary alicyclic amines) is 1. The lowest BCUT2D eigenvalue weighted by molar-refractivity contribution is -0.124. The van der Waals surface area contributed by atoms with Crippen LogP contribution < -0.4 is 16.3 Å². The van der Waals surface area contributed by atoms with Crippen LogP contribution in [-0.2, 0) is 16.0 Å². The molecule has 1 aliphatic heterocycles. The molecule has 3 rings (SSSR count). The summed E-state index contributed by atoms with van der Waals surface area (Å²) in [6, 6.07) is 0.418. The fourth-order valence-electron chi connectivity index (χ4n) is 3.86. The van der Waals surface area contributed by atoms with Crippen molar-refractivity contribution in [1.82, 2.24) is 9.88 Å². The van der Waals surface area contributed by atoms with E-state index in [1.165, 1.54) is 16.4 Å². The van der Waals surface area contributed by atoms with Gasteiger partial charge in [-0.3, -0.25) is 9.59 Å². The number of fused-ring (bicyclic) bond motifs is 2. The summed E-state index contributed by atoms with van der Waals surface area (Å²) >= 11 is 0. The van der Waals surface area contributed by atoms with Crippen molar-refractivity contribution in [3.05, 3.63) is 35.0 Å². The van der Waals surface area contributed by atoms with Crippen LogP contribution in [-0.4, -0.2) is 41.2 Å². The standard InChI is InChI=1S/C16H21N3O.C5H10O/c1-4-12-13-5-11(16(17)20)8-19(3)14(13)6-10-7-18-9(2)15(10)12;1-4(2)5(3)6/h4,7,11,13-14,18H,1-2,5-6,8H2,3H3,(H2,17,20);4H,1-3H3. The maximum Gasteiger partial charge on any atom is 0.221 e. The number of nitrogens with zero attached hydrogens (tertiary/aromatic N) is 1. The SMILES string of the molecule is C=CC1=c2c(c[nH]c2=C)CC2C1CC(C(N)=O)CN2C.CC(=O)C(C)C. The third-order valence-electron chi connectivity index (χ3n) is 5.67. The Hall–Kier alpha value is -2.14. The molecule has 1 aromatic rings. The number of rotatable bonds is 3. The van der Waals surface area contributed by atoms with Crippen LogP contribution in [0.5, 0.6) is 0 Å². The van der Waals surface area contributed by atoms with Gasteiger partial charge in [-0.05, 0) is 37.9 Å². The Balaban J connectivity index is 0.000000352. The van der Waals surface area contributed by atoms with Crippen LogP contribution in [0.2, 0.25) is 0 Å². The van der Waals surface area contributed by atoms with Crippen LogP contribution in [0.4, 0.5) is 0 Å². The molecular weight excluding hydrogens is 326 g/mol. The lowest BCUT2D eigenvalue weighted by Crippen LogP contribution is -2.54. The Morgan fingerprint density at radius 3 is 2.54 bits per heavy atom. The number of aromatic nitrogens is 1. The highest BCUT2D eigenvalue weighted by Gasteiger charge is 2.40. The lowest BCUT2D eigenvalue weighted by atomic mass is 9.73. The van der Waals surface area contributed by atoms with E-state index in [1.54, 1.807) is 6.92 Å². The Morgan fingerprint density at radius 1 is 1.42 bits per heavy atom. The predicted molar refractivity (Wildman–Crippen MR) is 106 cm³/mol. The number of hydrogen-bond acceptors (Lipinski definition) is 3. The van der Waals surface area contributed by atoms with Crippen LogP contribution in [0, 0.1) is 17.8 Å². The number of nitrogens with two attached hydrogens (primary N) is 1. The molecule has 3 atom stereocenters. The number of allylic oxidation sites excluding steroid dienone is 1. The van der Waals surface area contributed by atoms with Gasteiger partial charge in [0.25, 0.3) is 0 Å². The third kappa shape index (κ3) is 3.98. The summed E-state index contributed by atoms with van der Waals surface area (Å²) in [7, 11) is 2.08. The predicted octanol–water partition coefficient (Wildman–Crippen LogP) is 0.971. The maximum absolute atomic E-state index is 11.6. The van der Waals surface area contributed by atoms with Crippen molar-refractivity contribution < 1.29 is 9.59 Å². The van der Waals surface area contributed by atoms with E-state index in [2.05, 4.69) is 30.1 Å². The van der Waals surface area contributed by atoms with Crippen LogP contribution in [0.3, 0.4) is 0 Å². The molecule has 26 heavy (non-hydrogen) atoms. The Bertz CT molecular complexity index is 806. The van der Waals surface area contributed by atoms with E-state index >= 15 is 0 Å². The smallest absolute Gasteiger partial charge is 0.221 e. The average Bonchev–Trinajstić information content (AvgIpc) is 2.94. The average molecular weight is 357 g/mol. The zero-order chi connectivity index (χ0) is 19.6. The zero-order valence-corrected chi connectivity index (χ0v) is 16.3. The second kappa shape index (κ2) is 8.04. The fraction of sp³-hybridized carbons (Fsp3) is 0.524. The molecule has 5 heteroatoms. The first-order valence-corrected chi connectivity index (χ1v) is 9.19. The number of likely N-dealkylation sites (N-methyl/N-ethyl adjacent to an activating group) is 1. The topological polar surface area (TPSA) is 79.2 Å². The molecule has 5 nitrogen and oxygen atoms in total. The van der Waals surface area contributed by atoms with Gasteiger partial charge in [-0.15, -0.1) is 0 Å². The van der Waals surface area contributed by atoms with Gasteiger partial charge in [0.05, 0.1) is 5.92 Å². The first-order valence-electron chi connectivity index (χ1n) is 9.19. The van der Waals surface area contributed by atoms with E-state index in [0.717, 1.165) is 24.7 Å². The molecule has 0 bridgehead atoms. The summed E-state index contributed by atoms with van der Waals surface area (Å²) in [5.74, 6) is 0.505. The Labute approximate surface area is 155 Å². The molecule has 0 radical (unpaired) electrons. The highest BCUT2D eigenvalue weighted by atomic mass is 16.1. The van der Waals surface area contributed by atoms with E-state index in [-0.39, 0.29) is 23.5 Å². The summed E-state index contributed by atoms with van der Waals surface area (Å²) in [6.07, 6.45) is 5.78. The largest absolute Gasteiger partial charge is 0.369 e. The molecule has 3 N–H and O–H groups in total. The number of piperidine rings is 1. The monoisotopic (exact) mass is 357 g/mol. The minimum Gasteiger partial charge on any atom is -0.369 e. The lowest BCUT2D eigenvalue weighted by Gasteiger charge is -2.44. The van der Waals surface area contributed by atoms with E-state index in [0.29, 0.717) is 12.0 Å². The van der Waals surface area contributed by atoms with Crippen LogP contribution >= 0.6 is 0 Å². The van der Waals surface area contributed by atoms with Gasteiger partial charge in [0, 0.05) is 41.2 Å². The van der Waals surface area contributed by atoms with E-state index < -0.39 is 0 Å². The highest BCUT2D eigenvalue weighted by Crippen LogP contribution is 2.36. The van der Waals surface area contributed by atoms with Crippen molar-refractivity contribution in [1.29, 1.82) is 0 Å². The van der Waals surface area contributed by atoms with Crippen molar-refractivity contribution in [2.24, 2.45) is 23.5 Å². The number of nitrogens with one attached hydrogen (secondary N) is 1. The molecule has 0 aromatic carbocycles. The first-order chi connectivity index (χ1) is 12.2. The normalized spacial score (nSPS) is 25.0. The molecule has 1 saturated heterocycles. The highest BCUT2D eigenvalue weighted by molar-refractivity contribution is 5.78. The van der Waals surface area contributed by atoms with Crippen molar-refractivity contribution in [3.63, 3.8) is 0 Å². The van der Waals surface area contributed by atoms with Gasteiger partial charge in [0.2, 0.25) is 5.91 Å². The third-order valence-corrected chi connectivity index (χ3v) is 5.67. The number of ketones is 1. The van der Waals surface area contributed by atoms with Gasteiger partial charge in [0.15, 0.2) is 0 Å². The van der Waals surface area contributed by atoms with Crippen LogP contribution in [0.25, 0.3) is 12.2 Å². The molecule has 1 amide bonds. The van der Waals surface area contributed by atoms with Crippen molar-refractivity contribution in [3.8, 4) is 0 Å². The molecule has 0 spiro atoms. The van der Waals surface area contributed by atoms with E-state index in [9.17, 15) is 9.59 Å². The number of H-pyrrole nitrogens is 1. The molecular formula is C21H31N3O2. The van der Waals surface area contributed by atoms with Gasteiger partial charge in [0.1, 0.15) is 5.78 Å². The number of carbonyl (C=O) groups excluding carboxylic acids is 2. The molecule has 0 saturated carbocycles. The van der Waals surface area contributed by atoms with Gasteiger partial charge in [-0.25, -0.2) is 0 Å². The number of primary amides is 1. The number of hydrogen-bond donors (Lipinski definition) is 2. The van der Waals surface area contributed by atoms with Crippen molar-refractivity contribution in [2.45, 2.75) is 39.7 Å². The Kier molecular flexibility index (Phi) is 6.24. The van der Waals surface area contributed by atoms with Gasteiger partial charge < -0.3 is 15.6 Å². The molecule has 1 aliphatic carbocycles. The van der Waals surface area contributed by atoms with Crippen molar-refractivity contribution >= 4 is 23.8 Å². The van der Waals surface area contributed by atoms with Gasteiger partial charge in [-0.2, -0.15) is 0 Å². The quantitative estimate of drug-likeness (QED) is 0.846. The number of Topliss-reactive ketones (excluding diaryl/α,β-unsaturated/α-hetero) is 1. The summed E-state index contributed by atoms with van der Waals surface area (Å²) < 4.78 is 0. The number of aromatic amines is 1. The van der Waals surface area contributed by atoms with E-state index in [4.69, 9.17) is 5.73 Å². The summed E-state index contributed by atoms with van der Waals surface area (Å²) in [5.41, 5.74) is 8.03. The first kappa shape index (κ1) is 20.2. The molecule has 1 fully saturated rings. The second-order valence-electron chi connectivity index (χ2n) is 7.74. The minimum atomic E-state index is -0.201. The number of carbonyl (C=O) groups is 2. The summed E-state index contributed by atoms with van der Waals surface area (Å²) in [6.45, 7) is 14.2. The van der Waals surface area contributed by atoms with Gasteiger partial charge >= 0.3 is 0 Å². The molecule has 142 valence electrons. The maximum atomic E-state index is 11.6. The molecule has 3 unspecified atom stereocenters. The second-order valence-corrected chi connectivity index (χ2v) is 7.74. The van der Waals surface area contributed by atoms with Crippen LogP contribution in [0.15, 0.2) is 18.9 Å². The molecule has 1 aromatic heterocycles. The van der Waals surface area contributed by atoms with Crippen LogP contribution in [0.1, 0.15) is 32.8 Å². The summed E-state index contributed by atoms with van der Waals surface area (Å²) in [4.78, 5) is 27.2. The fourth-order valence-corrected chi connectivity index (χ4v) is 3.86. The van der Waals surface area contributed by atoms with Gasteiger partial charge in [-0.1, -0.05) is 33.1 Å². The zero-order valence-electron chi connectivity index (χ0n) is 16.3. The molecule has 2 aliphatic rings. The Morgan fingerprint density at radius 2 is 2.04 bits per heavy atom. The minimum absolute atomic E-state index is 0.0787. The molecule has 2 heterocycles. The van der Waals surface area contributed by atoms with Crippen molar-refractivity contribution in [2.75, 3.05) is 13.6 Å². The van der Waals surface area contributed by atoms with E-state index in [1.807, 2.05) is 26.1 Å².